The monoisotopic (exact) mass is 498 g/mol. The van der Waals surface area contributed by atoms with Crippen LogP contribution in [0.2, 0.25) is 0 Å². The van der Waals surface area contributed by atoms with Crippen LogP contribution in [0, 0.1) is 11.6 Å². The Morgan fingerprint density at radius 3 is 2.39 bits per heavy atom. The number of carbonyl (C=O) groups excluding carboxylic acids is 2. The zero-order valence-corrected chi connectivity index (χ0v) is 21.1. The summed E-state index contributed by atoms with van der Waals surface area (Å²) < 4.78 is 34.4. The number of ether oxygens (including phenoxy) is 1. The summed E-state index contributed by atoms with van der Waals surface area (Å²) in [6, 6.07) is 10.1. The quantitative estimate of drug-likeness (QED) is 0.505. The Morgan fingerprint density at radius 1 is 0.944 bits per heavy atom. The summed E-state index contributed by atoms with van der Waals surface area (Å²) >= 11 is 0. The topological polar surface area (TPSA) is 49.9 Å². The second-order valence-corrected chi connectivity index (χ2v) is 9.87. The number of carbonyl (C=O) groups is 2. The van der Waals surface area contributed by atoms with Crippen molar-refractivity contribution in [2.24, 2.45) is 0 Å². The number of benzene rings is 2. The Morgan fingerprint density at radius 2 is 1.64 bits per heavy atom. The average Bonchev–Trinajstić information content (AvgIpc) is 2.87. The summed E-state index contributed by atoms with van der Waals surface area (Å²) in [5.74, 6) is -1.40. The van der Waals surface area contributed by atoms with Crippen molar-refractivity contribution in [2.75, 3.05) is 19.6 Å². The van der Waals surface area contributed by atoms with E-state index in [0.29, 0.717) is 30.9 Å². The molecule has 2 aliphatic rings. The van der Waals surface area contributed by atoms with Crippen LogP contribution < -0.4 is 4.74 Å². The predicted octanol–water partition coefficient (Wildman–Crippen LogP) is 6.22. The number of amides is 2. The lowest BCUT2D eigenvalue weighted by Crippen LogP contribution is -2.51. The van der Waals surface area contributed by atoms with Crippen LogP contribution in [0.1, 0.15) is 85.4 Å². The molecule has 1 aliphatic carbocycles. The minimum Gasteiger partial charge on any atom is -0.487 e. The van der Waals surface area contributed by atoms with Crippen molar-refractivity contribution in [2.45, 2.75) is 76.9 Å². The lowest BCUT2D eigenvalue weighted by atomic mass is 9.90. The molecular formula is C29H36F2N2O3. The molecule has 0 radical (unpaired) electrons. The first-order valence-electron chi connectivity index (χ1n) is 13.3. The molecule has 2 aromatic rings. The summed E-state index contributed by atoms with van der Waals surface area (Å²) in [5.41, 5.74) is 0.557. The number of halogens is 2. The van der Waals surface area contributed by atoms with E-state index in [1.165, 1.54) is 0 Å². The molecule has 1 saturated carbocycles. The molecule has 1 fully saturated rings. The van der Waals surface area contributed by atoms with Crippen LogP contribution in [0.15, 0.2) is 42.5 Å². The van der Waals surface area contributed by atoms with Gasteiger partial charge in [-0.05, 0) is 62.8 Å². The van der Waals surface area contributed by atoms with Crippen LogP contribution in [-0.2, 0) is 0 Å². The van der Waals surface area contributed by atoms with Crippen LogP contribution in [-0.4, -0.2) is 53.4 Å². The molecule has 0 N–H and O–H groups in total. The van der Waals surface area contributed by atoms with Crippen LogP contribution in [0.4, 0.5) is 8.78 Å². The van der Waals surface area contributed by atoms with Crippen LogP contribution >= 0.6 is 0 Å². The van der Waals surface area contributed by atoms with Gasteiger partial charge in [0.05, 0.1) is 11.6 Å². The van der Waals surface area contributed by atoms with E-state index >= 15 is 0 Å². The smallest absolute Gasteiger partial charge is 0.257 e. The van der Waals surface area contributed by atoms with Gasteiger partial charge in [0.2, 0.25) is 0 Å². The highest BCUT2D eigenvalue weighted by Gasteiger charge is 2.36. The van der Waals surface area contributed by atoms with Crippen molar-refractivity contribution in [3.05, 3.63) is 65.2 Å². The fraction of sp³-hybridized carbons (Fsp3) is 0.517. The second kappa shape index (κ2) is 12.3. The largest absolute Gasteiger partial charge is 0.487 e. The lowest BCUT2D eigenvalue weighted by Gasteiger charge is -2.40. The number of fused-ring (bicyclic) bond motifs is 2. The van der Waals surface area contributed by atoms with Gasteiger partial charge in [-0.1, -0.05) is 38.3 Å². The number of hydrogen-bond acceptors (Lipinski definition) is 3. The van der Waals surface area contributed by atoms with Gasteiger partial charge in [-0.15, -0.1) is 0 Å². The SMILES string of the molecule is CCCN1CCCCCCN(C(=O)c2cc(F)cc(F)c2)[C@@H]2CCCC[C@@H]2Oc2ccccc2C1=O. The molecular weight excluding hydrogens is 462 g/mol. The van der Waals surface area contributed by atoms with Gasteiger partial charge in [0, 0.05) is 31.3 Å². The fourth-order valence-electron chi connectivity index (χ4n) is 5.44. The van der Waals surface area contributed by atoms with E-state index in [9.17, 15) is 18.4 Å². The molecule has 2 atom stereocenters. The molecule has 1 aliphatic heterocycles. The van der Waals surface area contributed by atoms with Crippen LogP contribution in [0.3, 0.4) is 0 Å². The maximum absolute atomic E-state index is 14.0. The highest BCUT2D eigenvalue weighted by Crippen LogP contribution is 2.31. The van der Waals surface area contributed by atoms with Gasteiger partial charge in [0.15, 0.2) is 0 Å². The van der Waals surface area contributed by atoms with Crippen molar-refractivity contribution < 1.29 is 23.1 Å². The van der Waals surface area contributed by atoms with E-state index in [4.69, 9.17) is 4.74 Å². The van der Waals surface area contributed by atoms with Gasteiger partial charge in [-0.3, -0.25) is 9.59 Å². The molecule has 2 aromatic carbocycles. The van der Waals surface area contributed by atoms with Gasteiger partial charge in [0.25, 0.3) is 11.8 Å². The molecule has 7 heteroatoms. The molecule has 0 bridgehead atoms. The van der Waals surface area contributed by atoms with E-state index in [-0.39, 0.29) is 29.5 Å². The molecule has 2 amide bonds. The lowest BCUT2D eigenvalue weighted by molar-refractivity contribution is 0.0266. The Hall–Kier alpha value is -2.96. The predicted molar refractivity (Wildman–Crippen MR) is 135 cm³/mol. The summed E-state index contributed by atoms with van der Waals surface area (Å²) in [6.07, 6.45) is 7.47. The van der Waals surface area contributed by atoms with Crippen molar-refractivity contribution >= 4 is 11.8 Å². The summed E-state index contributed by atoms with van der Waals surface area (Å²) in [4.78, 5) is 30.8. The normalized spacial score (nSPS) is 21.7. The third kappa shape index (κ3) is 6.23. The Kier molecular flexibility index (Phi) is 8.94. The Labute approximate surface area is 212 Å². The van der Waals surface area contributed by atoms with Crippen molar-refractivity contribution in [3.63, 3.8) is 0 Å². The molecule has 36 heavy (non-hydrogen) atoms. The number of hydrogen-bond donors (Lipinski definition) is 0. The summed E-state index contributed by atoms with van der Waals surface area (Å²) in [7, 11) is 0. The molecule has 0 saturated heterocycles. The number of nitrogens with zero attached hydrogens (tertiary/aromatic N) is 2. The fourth-order valence-corrected chi connectivity index (χ4v) is 5.44. The maximum atomic E-state index is 14.0. The molecule has 194 valence electrons. The van der Waals surface area contributed by atoms with Crippen molar-refractivity contribution in [3.8, 4) is 5.75 Å². The van der Waals surface area contributed by atoms with Crippen molar-refractivity contribution in [1.29, 1.82) is 0 Å². The molecule has 1 heterocycles. The standard InChI is InChI=1S/C29H36F2N2O3/c1-2-15-32-16-9-3-4-10-17-33(28(34)21-18-22(30)20-23(31)19-21)25-12-6-8-14-27(25)36-26-13-7-5-11-24(26)29(32)35/h5,7,11,13,18-20,25,27H,2-4,6,8-10,12,14-17H2,1H3/t25-,27+/m1/s1. The first kappa shape index (κ1) is 26.1. The Balaban J connectivity index is 1.68. The number of rotatable bonds is 3. The minimum absolute atomic E-state index is 0.0173. The molecule has 0 aromatic heterocycles. The third-order valence-electron chi connectivity index (χ3n) is 7.19. The van der Waals surface area contributed by atoms with E-state index < -0.39 is 11.6 Å². The molecule has 0 unspecified atom stereocenters. The number of para-hydroxylation sites is 1. The third-order valence-corrected chi connectivity index (χ3v) is 7.19. The Bertz CT molecular complexity index is 1040. The van der Waals surface area contributed by atoms with E-state index in [1.807, 2.05) is 29.2 Å². The molecule has 5 nitrogen and oxygen atoms in total. The maximum Gasteiger partial charge on any atom is 0.257 e. The summed E-state index contributed by atoms with van der Waals surface area (Å²) in [5, 5.41) is 0. The minimum atomic E-state index is -0.763. The van der Waals surface area contributed by atoms with Gasteiger partial charge < -0.3 is 14.5 Å². The van der Waals surface area contributed by atoms with E-state index in [0.717, 1.165) is 76.0 Å². The zero-order chi connectivity index (χ0) is 25.5. The average molecular weight is 499 g/mol. The van der Waals surface area contributed by atoms with Crippen LogP contribution in [0.5, 0.6) is 5.75 Å². The highest BCUT2D eigenvalue weighted by molar-refractivity contribution is 5.97. The first-order valence-corrected chi connectivity index (χ1v) is 13.3. The first-order chi connectivity index (χ1) is 17.5. The van der Waals surface area contributed by atoms with Crippen LogP contribution in [0.25, 0.3) is 0 Å². The second-order valence-electron chi connectivity index (χ2n) is 9.87. The molecule has 0 spiro atoms. The molecule has 4 rings (SSSR count). The summed E-state index contributed by atoms with van der Waals surface area (Å²) in [6.45, 7) is 3.95. The van der Waals surface area contributed by atoms with Gasteiger partial charge in [-0.2, -0.15) is 0 Å². The van der Waals surface area contributed by atoms with Gasteiger partial charge >= 0.3 is 0 Å². The van der Waals surface area contributed by atoms with Gasteiger partial charge in [-0.25, -0.2) is 8.78 Å². The zero-order valence-electron chi connectivity index (χ0n) is 21.1. The van der Waals surface area contributed by atoms with E-state index in [2.05, 4.69) is 6.92 Å². The van der Waals surface area contributed by atoms with E-state index in [1.54, 1.807) is 4.90 Å². The van der Waals surface area contributed by atoms with Crippen molar-refractivity contribution in [1.82, 2.24) is 9.80 Å². The highest BCUT2D eigenvalue weighted by atomic mass is 19.1. The van der Waals surface area contributed by atoms with Gasteiger partial charge in [0.1, 0.15) is 23.5 Å².